The molecule has 19 heavy (non-hydrogen) atoms. The zero-order chi connectivity index (χ0) is 14.0. The standard InChI is InChI=1S/C11H19N3O4S/c1-13-7-11(5-12-13)19(15,16)14-6-10(18-3)4-9(14)8-17-2/h5,7,9-10H,4,6,8H2,1-3H3/t9-,10+/m0/s1. The van der Waals surface area contributed by atoms with Gasteiger partial charge in [-0.2, -0.15) is 9.40 Å². The Balaban J connectivity index is 2.27. The largest absolute Gasteiger partial charge is 0.383 e. The van der Waals surface area contributed by atoms with Gasteiger partial charge in [-0.1, -0.05) is 0 Å². The Morgan fingerprint density at radius 1 is 1.47 bits per heavy atom. The van der Waals surface area contributed by atoms with E-state index in [0.29, 0.717) is 19.6 Å². The molecule has 1 aromatic rings. The van der Waals surface area contributed by atoms with Crippen LogP contribution in [0.15, 0.2) is 17.3 Å². The first-order chi connectivity index (χ1) is 8.98. The van der Waals surface area contributed by atoms with Crippen molar-refractivity contribution in [2.24, 2.45) is 7.05 Å². The van der Waals surface area contributed by atoms with Crippen LogP contribution in [0.25, 0.3) is 0 Å². The molecule has 0 saturated carbocycles. The molecule has 0 N–H and O–H groups in total. The fourth-order valence-electron chi connectivity index (χ4n) is 2.32. The minimum absolute atomic E-state index is 0.0911. The lowest BCUT2D eigenvalue weighted by Crippen LogP contribution is -2.38. The van der Waals surface area contributed by atoms with E-state index in [1.807, 2.05) is 0 Å². The minimum atomic E-state index is -3.54. The molecular weight excluding hydrogens is 270 g/mol. The van der Waals surface area contributed by atoms with Gasteiger partial charge < -0.3 is 9.47 Å². The topological polar surface area (TPSA) is 73.7 Å². The van der Waals surface area contributed by atoms with Crippen molar-refractivity contribution in [1.29, 1.82) is 0 Å². The maximum absolute atomic E-state index is 12.6. The summed E-state index contributed by atoms with van der Waals surface area (Å²) < 4.78 is 38.4. The van der Waals surface area contributed by atoms with Gasteiger partial charge in [0.05, 0.1) is 24.9 Å². The predicted molar refractivity (Wildman–Crippen MR) is 68.2 cm³/mol. The van der Waals surface area contributed by atoms with Crippen LogP contribution in [0.3, 0.4) is 0 Å². The van der Waals surface area contributed by atoms with Crippen LogP contribution in [-0.4, -0.2) is 62.0 Å². The molecule has 1 aliphatic heterocycles. The first-order valence-electron chi connectivity index (χ1n) is 6.01. The SMILES string of the molecule is COC[C@@H]1C[C@@H](OC)CN1S(=O)(=O)c1cnn(C)c1. The van der Waals surface area contributed by atoms with E-state index < -0.39 is 10.0 Å². The molecule has 0 spiro atoms. The lowest BCUT2D eigenvalue weighted by atomic mass is 10.2. The molecule has 1 aromatic heterocycles. The van der Waals surface area contributed by atoms with Crippen molar-refractivity contribution in [2.75, 3.05) is 27.4 Å². The summed E-state index contributed by atoms with van der Waals surface area (Å²) in [5.41, 5.74) is 0. The van der Waals surface area contributed by atoms with E-state index in [0.717, 1.165) is 0 Å². The zero-order valence-electron chi connectivity index (χ0n) is 11.3. The number of aromatic nitrogens is 2. The molecule has 2 heterocycles. The highest BCUT2D eigenvalue weighted by Crippen LogP contribution is 2.27. The molecule has 0 aliphatic carbocycles. The fourth-order valence-corrected chi connectivity index (χ4v) is 3.96. The number of hydrogen-bond acceptors (Lipinski definition) is 5. The molecule has 0 bridgehead atoms. The summed E-state index contributed by atoms with van der Waals surface area (Å²) >= 11 is 0. The molecule has 1 saturated heterocycles. The Labute approximate surface area is 113 Å². The minimum Gasteiger partial charge on any atom is -0.383 e. The second-order valence-corrected chi connectivity index (χ2v) is 6.52. The zero-order valence-corrected chi connectivity index (χ0v) is 12.1. The van der Waals surface area contributed by atoms with Gasteiger partial charge in [-0.3, -0.25) is 4.68 Å². The maximum Gasteiger partial charge on any atom is 0.246 e. The van der Waals surface area contributed by atoms with Gasteiger partial charge in [0.2, 0.25) is 10.0 Å². The number of sulfonamides is 1. The van der Waals surface area contributed by atoms with E-state index in [2.05, 4.69) is 5.10 Å². The normalized spacial score (nSPS) is 25.0. The summed E-state index contributed by atoms with van der Waals surface area (Å²) in [6.07, 6.45) is 3.41. The summed E-state index contributed by atoms with van der Waals surface area (Å²) in [5.74, 6) is 0. The Kier molecular flexibility index (Phi) is 4.24. The highest BCUT2D eigenvalue weighted by atomic mass is 32.2. The molecule has 2 rings (SSSR count). The van der Waals surface area contributed by atoms with Gasteiger partial charge in [-0.15, -0.1) is 0 Å². The van der Waals surface area contributed by atoms with E-state index in [-0.39, 0.29) is 17.0 Å². The molecule has 7 nitrogen and oxygen atoms in total. The van der Waals surface area contributed by atoms with Crippen LogP contribution in [0.5, 0.6) is 0 Å². The van der Waals surface area contributed by atoms with Crippen LogP contribution in [0.2, 0.25) is 0 Å². The quantitative estimate of drug-likeness (QED) is 0.753. The Morgan fingerprint density at radius 2 is 2.21 bits per heavy atom. The van der Waals surface area contributed by atoms with Crippen molar-refractivity contribution in [3.05, 3.63) is 12.4 Å². The van der Waals surface area contributed by atoms with E-state index in [1.165, 1.54) is 21.4 Å². The van der Waals surface area contributed by atoms with Crippen molar-refractivity contribution < 1.29 is 17.9 Å². The van der Waals surface area contributed by atoms with Gasteiger partial charge in [0, 0.05) is 34.0 Å². The molecule has 8 heteroatoms. The fraction of sp³-hybridized carbons (Fsp3) is 0.727. The molecule has 0 amide bonds. The lowest BCUT2D eigenvalue weighted by Gasteiger charge is -2.22. The predicted octanol–water partition coefficient (Wildman–Crippen LogP) is -0.155. The number of methoxy groups -OCH3 is 2. The van der Waals surface area contributed by atoms with Crippen LogP contribution >= 0.6 is 0 Å². The average Bonchev–Trinajstić information content (AvgIpc) is 2.96. The second kappa shape index (κ2) is 5.58. The van der Waals surface area contributed by atoms with Crippen molar-refractivity contribution >= 4 is 10.0 Å². The maximum atomic E-state index is 12.6. The van der Waals surface area contributed by atoms with Crippen molar-refractivity contribution in [2.45, 2.75) is 23.5 Å². The van der Waals surface area contributed by atoms with Crippen molar-refractivity contribution in [3.8, 4) is 0 Å². The van der Waals surface area contributed by atoms with Crippen molar-refractivity contribution in [1.82, 2.24) is 14.1 Å². The van der Waals surface area contributed by atoms with Gasteiger partial charge in [-0.05, 0) is 6.42 Å². The van der Waals surface area contributed by atoms with Crippen molar-refractivity contribution in [3.63, 3.8) is 0 Å². The van der Waals surface area contributed by atoms with Crippen LogP contribution in [-0.2, 0) is 26.5 Å². The summed E-state index contributed by atoms with van der Waals surface area (Å²) in [6.45, 7) is 0.709. The molecule has 2 atom stereocenters. The summed E-state index contributed by atoms with van der Waals surface area (Å²) in [7, 11) is 1.30. The van der Waals surface area contributed by atoms with Gasteiger partial charge >= 0.3 is 0 Å². The third-order valence-corrected chi connectivity index (χ3v) is 5.18. The first-order valence-corrected chi connectivity index (χ1v) is 7.45. The van der Waals surface area contributed by atoms with Crippen LogP contribution in [0, 0.1) is 0 Å². The molecule has 0 radical (unpaired) electrons. The summed E-state index contributed by atoms with van der Waals surface area (Å²) in [4.78, 5) is 0.202. The number of nitrogens with zero attached hydrogens (tertiary/aromatic N) is 3. The number of ether oxygens (including phenoxy) is 2. The monoisotopic (exact) mass is 289 g/mol. The van der Waals surface area contributed by atoms with E-state index >= 15 is 0 Å². The second-order valence-electron chi connectivity index (χ2n) is 4.63. The molecular formula is C11H19N3O4S. The molecule has 0 unspecified atom stereocenters. The van der Waals surface area contributed by atoms with E-state index in [4.69, 9.17) is 9.47 Å². The number of hydrogen-bond donors (Lipinski definition) is 0. The summed E-state index contributed by atoms with van der Waals surface area (Å²) in [6, 6.07) is -0.194. The Bertz CT molecular complexity index is 528. The molecule has 0 aromatic carbocycles. The van der Waals surface area contributed by atoms with Gasteiger partial charge in [0.1, 0.15) is 4.90 Å². The van der Waals surface area contributed by atoms with Crippen LogP contribution in [0.4, 0.5) is 0 Å². The first kappa shape index (κ1) is 14.4. The number of aryl methyl sites for hydroxylation is 1. The highest BCUT2D eigenvalue weighted by molar-refractivity contribution is 7.89. The smallest absolute Gasteiger partial charge is 0.246 e. The molecule has 1 fully saturated rings. The van der Waals surface area contributed by atoms with Gasteiger partial charge in [0.25, 0.3) is 0 Å². The van der Waals surface area contributed by atoms with Gasteiger partial charge in [-0.25, -0.2) is 8.42 Å². The third kappa shape index (κ3) is 2.81. The van der Waals surface area contributed by atoms with Crippen LogP contribution in [0.1, 0.15) is 6.42 Å². The Hall–Kier alpha value is -0.960. The van der Waals surface area contributed by atoms with E-state index in [1.54, 1.807) is 21.3 Å². The third-order valence-electron chi connectivity index (χ3n) is 3.31. The average molecular weight is 289 g/mol. The summed E-state index contributed by atoms with van der Waals surface area (Å²) in [5, 5.41) is 3.91. The molecule has 108 valence electrons. The number of rotatable bonds is 5. The van der Waals surface area contributed by atoms with E-state index in [9.17, 15) is 8.42 Å². The van der Waals surface area contributed by atoms with Crippen LogP contribution < -0.4 is 0 Å². The highest BCUT2D eigenvalue weighted by Gasteiger charge is 2.40. The Morgan fingerprint density at radius 3 is 2.74 bits per heavy atom. The van der Waals surface area contributed by atoms with Gasteiger partial charge in [0.15, 0.2) is 0 Å². The lowest BCUT2D eigenvalue weighted by molar-refractivity contribution is 0.110. The molecule has 1 aliphatic rings.